The van der Waals surface area contributed by atoms with E-state index in [9.17, 15) is 4.79 Å². The summed E-state index contributed by atoms with van der Waals surface area (Å²) < 4.78 is 5.46. The first-order chi connectivity index (χ1) is 12.0. The summed E-state index contributed by atoms with van der Waals surface area (Å²) in [6, 6.07) is 13.1. The van der Waals surface area contributed by atoms with Crippen molar-refractivity contribution in [2.45, 2.75) is 6.61 Å². The van der Waals surface area contributed by atoms with E-state index >= 15 is 0 Å². The molecule has 3 aromatic rings. The van der Waals surface area contributed by atoms with Crippen LogP contribution in [0.2, 0.25) is 15.1 Å². The second-order valence-corrected chi connectivity index (χ2v) is 6.45. The number of hydrogen-bond donors (Lipinski definition) is 2. The van der Waals surface area contributed by atoms with Crippen LogP contribution in [0.1, 0.15) is 16.1 Å². The van der Waals surface area contributed by atoms with Crippen molar-refractivity contribution < 1.29 is 14.3 Å². The minimum Gasteiger partial charge on any atom is -0.459 e. The third-order valence-electron chi connectivity index (χ3n) is 3.48. The predicted octanol–water partition coefficient (Wildman–Crippen LogP) is 5.65. The van der Waals surface area contributed by atoms with Gasteiger partial charge in [0.25, 0.3) is 5.91 Å². The molecule has 0 aliphatic rings. The lowest BCUT2D eigenvalue weighted by Crippen LogP contribution is -2.12. The van der Waals surface area contributed by atoms with Gasteiger partial charge in [-0.15, -0.1) is 0 Å². The van der Waals surface area contributed by atoms with Gasteiger partial charge in [-0.3, -0.25) is 4.79 Å². The van der Waals surface area contributed by atoms with Crippen molar-refractivity contribution in [1.82, 2.24) is 0 Å². The van der Waals surface area contributed by atoms with E-state index in [2.05, 4.69) is 5.32 Å². The highest BCUT2D eigenvalue weighted by molar-refractivity contribution is 6.36. The molecule has 7 heteroatoms. The van der Waals surface area contributed by atoms with Crippen LogP contribution < -0.4 is 5.32 Å². The fraction of sp³-hybridized carbons (Fsp3) is 0.0556. The number of carbonyl (C=O) groups excluding carboxylic acids is 1. The highest BCUT2D eigenvalue weighted by Crippen LogP contribution is 2.32. The summed E-state index contributed by atoms with van der Waals surface area (Å²) in [6.45, 7) is -0.188. The van der Waals surface area contributed by atoms with E-state index in [4.69, 9.17) is 44.3 Å². The Morgan fingerprint density at radius 1 is 1.00 bits per heavy atom. The number of aliphatic hydroxyl groups excluding tert-OH is 1. The number of benzene rings is 2. The van der Waals surface area contributed by atoms with Gasteiger partial charge < -0.3 is 14.8 Å². The van der Waals surface area contributed by atoms with Crippen LogP contribution >= 0.6 is 34.8 Å². The van der Waals surface area contributed by atoms with Crippen LogP contribution in [0.25, 0.3) is 11.3 Å². The monoisotopic (exact) mass is 395 g/mol. The molecule has 0 atom stereocenters. The van der Waals surface area contributed by atoms with Crippen molar-refractivity contribution in [3.63, 3.8) is 0 Å². The molecule has 2 N–H and O–H groups in total. The Kier molecular flexibility index (Phi) is 5.35. The summed E-state index contributed by atoms with van der Waals surface area (Å²) >= 11 is 18.2. The number of anilines is 1. The third-order valence-corrected chi connectivity index (χ3v) is 4.36. The summed E-state index contributed by atoms with van der Waals surface area (Å²) in [5.74, 6) is 0.584. The van der Waals surface area contributed by atoms with Crippen molar-refractivity contribution >= 4 is 46.4 Å². The Morgan fingerprint density at radius 2 is 1.80 bits per heavy atom. The van der Waals surface area contributed by atoms with Gasteiger partial charge in [0.15, 0.2) is 0 Å². The molecule has 0 spiro atoms. The largest absolute Gasteiger partial charge is 0.459 e. The van der Waals surface area contributed by atoms with Gasteiger partial charge >= 0.3 is 0 Å². The number of amides is 1. The molecular weight excluding hydrogens is 385 g/mol. The quantitative estimate of drug-likeness (QED) is 0.599. The summed E-state index contributed by atoms with van der Waals surface area (Å²) in [5, 5.41) is 12.9. The average molecular weight is 397 g/mol. The molecule has 1 amide bonds. The van der Waals surface area contributed by atoms with E-state index in [1.807, 2.05) is 0 Å². The molecule has 0 fully saturated rings. The van der Waals surface area contributed by atoms with E-state index in [1.54, 1.807) is 42.5 Å². The molecule has 3 rings (SSSR count). The summed E-state index contributed by atoms with van der Waals surface area (Å²) in [5.41, 5.74) is 1.43. The molecule has 0 aliphatic heterocycles. The lowest BCUT2D eigenvalue weighted by Gasteiger charge is -2.09. The summed E-state index contributed by atoms with van der Waals surface area (Å²) in [7, 11) is 0. The van der Waals surface area contributed by atoms with Crippen LogP contribution in [0.5, 0.6) is 0 Å². The molecule has 2 aromatic carbocycles. The third kappa shape index (κ3) is 3.99. The molecule has 1 aromatic heterocycles. The van der Waals surface area contributed by atoms with Gasteiger partial charge in [-0.2, -0.15) is 0 Å². The van der Waals surface area contributed by atoms with Crippen molar-refractivity contribution in [1.29, 1.82) is 0 Å². The first-order valence-corrected chi connectivity index (χ1v) is 8.37. The number of hydrogen-bond acceptors (Lipinski definition) is 3. The lowest BCUT2D eigenvalue weighted by molar-refractivity contribution is 0.102. The van der Waals surface area contributed by atoms with Crippen molar-refractivity contribution in [3.05, 3.63) is 74.9 Å². The molecule has 25 heavy (non-hydrogen) atoms. The number of nitrogens with one attached hydrogen (secondary N) is 1. The molecular formula is C18H12Cl3NO3. The molecule has 0 saturated carbocycles. The maximum absolute atomic E-state index is 12.4. The van der Waals surface area contributed by atoms with Crippen LogP contribution in [-0.2, 0) is 6.61 Å². The van der Waals surface area contributed by atoms with Gasteiger partial charge in [-0.25, -0.2) is 0 Å². The zero-order valence-corrected chi connectivity index (χ0v) is 15.0. The maximum atomic E-state index is 12.4. The number of halogens is 3. The highest BCUT2D eigenvalue weighted by Gasteiger charge is 2.13. The fourth-order valence-corrected chi connectivity index (χ4v) is 2.92. The van der Waals surface area contributed by atoms with Crippen LogP contribution in [0.3, 0.4) is 0 Å². The maximum Gasteiger partial charge on any atom is 0.257 e. The minimum absolute atomic E-state index is 0.188. The molecule has 1 heterocycles. The van der Waals surface area contributed by atoms with Crippen LogP contribution in [0.15, 0.2) is 52.9 Å². The van der Waals surface area contributed by atoms with E-state index in [1.165, 1.54) is 6.07 Å². The number of aliphatic hydroxyl groups is 1. The van der Waals surface area contributed by atoms with E-state index in [0.29, 0.717) is 37.8 Å². The highest BCUT2D eigenvalue weighted by atomic mass is 35.5. The topological polar surface area (TPSA) is 62.5 Å². The molecule has 0 radical (unpaired) electrons. The molecule has 0 saturated heterocycles. The Labute approximate surface area is 158 Å². The smallest absolute Gasteiger partial charge is 0.257 e. The number of rotatable bonds is 4. The normalized spacial score (nSPS) is 10.7. The van der Waals surface area contributed by atoms with Crippen LogP contribution in [0, 0.1) is 0 Å². The number of carbonyl (C=O) groups is 1. The second-order valence-electron chi connectivity index (χ2n) is 5.20. The molecule has 0 aliphatic carbocycles. The van der Waals surface area contributed by atoms with E-state index < -0.39 is 5.91 Å². The van der Waals surface area contributed by atoms with Crippen LogP contribution in [-0.4, -0.2) is 11.0 Å². The van der Waals surface area contributed by atoms with Gasteiger partial charge in [-0.05, 0) is 48.5 Å². The molecule has 0 bridgehead atoms. The van der Waals surface area contributed by atoms with Gasteiger partial charge in [0.05, 0.1) is 15.6 Å². The first kappa shape index (κ1) is 17.8. The average Bonchev–Trinajstić information content (AvgIpc) is 3.06. The Morgan fingerprint density at radius 3 is 2.48 bits per heavy atom. The second kappa shape index (κ2) is 7.50. The SMILES string of the molecule is O=C(Nc1ccc(-c2ccc(CO)o2)c(Cl)c1)c1cc(Cl)ccc1Cl. The number of furan rings is 1. The Balaban J connectivity index is 1.83. The van der Waals surface area contributed by atoms with Gasteiger partial charge in [0.1, 0.15) is 18.1 Å². The van der Waals surface area contributed by atoms with E-state index in [-0.39, 0.29) is 12.2 Å². The van der Waals surface area contributed by atoms with Crippen molar-refractivity contribution in [3.8, 4) is 11.3 Å². The van der Waals surface area contributed by atoms with Gasteiger partial charge in [0, 0.05) is 16.3 Å². The van der Waals surface area contributed by atoms with Crippen molar-refractivity contribution in [2.24, 2.45) is 0 Å². The fourth-order valence-electron chi connectivity index (χ4n) is 2.27. The van der Waals surface area contributed by atoms with Crippen molar-refractivity contribution in [2.75, 3.05) is 5.32 Å². The van der Waals surface area contributed by atoms with Gasteiger partial charge in [0.2, 0.25) is 0 Å². The molecule has 0 unspecified atom stereocenters. The predicted molar refractivity (Wildman–Crippen MR) is 99.5 cm³/mol. The summed E-state index contributed by atoms with van der Waals surface area (Å²) in [4.78, 5) is 12.4. The minimum atomic E-state index is -0.392. The molecule has 128 valence electrons. The van der Waals surface area contributed by atoms with Crippen LogP contribution in [0.4, 0.5) is 5.69 Å². The zero-order valence-electron chi connectivity index (χ0n) is 12.7. The van der Waals surface area contributed by atoms with Gasteiger partial charge in [-0.1, -0.05) is 34.8 Å². The standard InChI is InChI=1S/C18H12Cl3NO3/c19-10-1-5-15(20)14(7-10)18(24)22-11-2-4-13(16(21)8-11)17-6-3-12(9-23)25-17/h1-8,23H,9H2,(H,22,24). The molecule has 4 nitrogen and oxygen atoms in total. The Hall–Kier alpha value is -1.98. The summed E-state index contributed by atoms with van der Waals surface area (Å²) in [6.07, 6.45) is 0. The first-order valence-electron chi connectivity index (χ1n) is 7.24. The zero-order chi connectivity index (χ0) is 18.0. The lowest BCUT2D eigenvalue weighted by atomic mass is 10.1. The Bertz CT molecular complexity index is 937. The van der Waals surface area contributed by atoms with E-state index in [0.717, 1.165) is 0 Å².